The third-order valence-corrected chi connectivity index (χ3v) is 3.68. The fraction of sp³-hybridized carbons (Fsp3) is 0.364. The molecular formula is C11H12Br2O2. The third kappa shape index (κ3) is 3.61. The number of ether oxygens (including phenoxy) is 1. The lowest BCUT2D eigenvalue weighted by atomic mass is 10.1. The molecule has 0 aliphatic carbocycles. The summed E-state index contributed by atoms with van der Waals surface area (Å²) in [7, 11) is 1.39. The average Bonchev–Trinajstić information content (AvgIpc) is 2.22. The summed E-state index contributed by atoms with van der Waals surface area (Å²) >= 11 is 6.73. The fourth-order valence-corrected chi connectivity index (χ4v) is 2.06. The number of alkyl halides is 1. The molecule has 15 heavy (non-hydrogen) atoms. The smallest absolute Gasteiger partial charge is 0.319 e. The SMILES string of the molecule is COC(=O)C(Br)Cc1ccc(Br)c(C)c1. The van der Waals surface area contributed by atoms with Crippen LogP contribution in [0, 0.1) is 6.92 Å². The Balaban J connectivity index is 2.73. The van der Waals surface area contributed by atoms with Crippen LogP contribution in [0.4, 0.5) is 0 Å². The highest BCUT2D eigenvalue weighted by atomic mass is 79.9. The molecule has 82 valence electrons. The van der Waals surface area contributed by atoms with Gasteiger partial charge in [0.2, 0.25) is 0 Å². The van der Waals surface area contributed by atoms with Gasteiger partial charge < -0.3 is 4.74 Å². The Morgan fingerprint density at radius 2 is 2.20 bits per heavy atom. The van der Waals surface area contributed by atoms with Gasteiger partial charge in [-0.15, -0.1) is 0 Å². The van der Waals surface area contributed by atoms with E-state index in [2.05, 4.69) is 42.7 Å². The van der Waals surface area contributed by atoms with Crippen molar-refractivity contribution >= 4 is 37.8 Å². The number of carbonyl (C=O) groups excluding carboxylic acids is 1. The molecule has 0 heterocycles. The molecule has 1 unspecified atom stereocenters. The van der Waals surface area contributed by atoms with E-state index in [0.717, 1.165) is 15.6 Å². The summed E-state index contributed by atoms with van der Waals surface area (Å²) in [5.74, 6) is -0.240. The number of hydrogen-bond donors (Lipinski definition) is 0. The Hall–Kier alpha value is -0.350. The van der Waals surface area contributed by atoms with Gasteiger partial charge in [-0.05, 0) is 30.5 Å². The Morgan fingerprint density at radius 3 is 2.73 bits per heavy atom. The summed E-state index contributed by atoms with van der Waals surface area (Å²) in [6.07, 6.45) is 0.640. The van der Waals surface area contributed by atoms with E-state index in [1.165, 1.54) is 7.11 Å². The molecule has 0 aromatic heterocycles. The zero-order chi connectivity index (χ0) is 11.4. The molecule has 0 spiro atoms. The van der Waals surface area contributed by atoms with Crippen LogP contribution in [0.15, 0.2) is 22.7 Å². The number of halogens is 2. The Morgan fingerprint density at radius 1 is 1.53 bits per heavy atom. The first kappa shape index (κ1) is 12.7. The summed E-state index contributed by atoms with van der Waals surface area (Å²) in [6, 6.07) is 6.04. The van der Waals surface area contributed by atoms with Gasteiger partial charge in [0, 0.05) is 4.47 Å². The van der Waals surface area contributed by atoms with E-state index in [0.29, 0.717) is 6.42 Å². The largest absolute Gasteiger partial charge is 0.468 e. The van der Waals surface area contributed by atoms with Gasteiger partial charge in [-0.2, -0.15) is 0 Å². The molecule has 0 amide bonds. The summed E-state index contributed by atoms with van der Waals surface area (Å²) in [5.41, 5.74) is 2.28. The summed E-state index contributed by atoms with van der Waals surface area (Å²) < 4.78 is 5.72. The second kappa shape index (κ2) is 5.66. The van der Waals surface area contributed by atoms with Crippen molar-refractivity contribution in [1.29, 1.82) is 0 Å². The molecule has 0 aliphatic rings. The van der Waals surface area contributed by atoms with Gasteiger partial charge in [0.25, 0.3) is 0 Å². The van der Waals surface area contributed by atoms with Crippen LogP contribution in [0.3, 0.4) is 0 Å². The Kier molecular flexibility index (Phi) is 4.80. The predicted molar refractivity (Wildman–Crippen MR) is 67.3 cm³/mol. The molecule has 2 nitrogen and oxygen atoms in total. The first-order valence-corrected chi connectivity index (χ1v) is 6.22. The number of esters is 1. The van der Waals surface area contributed by atoms with Gasteiger partial charge in [-0.1, -0.05) is 44.0 Å². The maximum Gasteiger partial charge on any atom is 0.319 e. The molecule has 0 aliphatic heterocycles. The number of rotatable bonds is 3. The van der Waals surface area contributed by atoms with E-state index in [1.807, 2.05) is 19.1 Å². The fourth-order valence-electron chi connectivity index (χ4n) is 1.25. The van der Waals surface area contributed by atoms with Crippen LogP contribution in [-0.4, -0.2) is 17.9 Å². The van der Waals surface area contributed by atoms with Crippen molar-refractivity contribution in [3.05, 3.63) is 33.8 Å². The molecule has 1 atom stereocenters. The number of carbonyl (C=O) groups is 1. The summed E-state index contributed by atoms with van der Waals surface area (Å²) in [4.78, 5) is 10.9. The van der Waals surface area contributed by atoms with E-state index in [1.54, 1.807) is 0 Å². The van der Waals surface area contributed by atoms with Gasteiger partial charge in [-0.25, -0.2) is 0 Å². The van der Waals surface area contributed by atoms with Gasteiger partial charge in [-0.3, -0.25) is 4.79 Å². The predicted octanol–water partition coefficient (Wildman–Crippen LogP) is 3.24. The molecule has 1 aromatic rings. The first-order valence-electron chi connectivity index (χ1n) is 4.51. The second-order valence-corrected chi connectivity index (χ2v) is 5.24. The minimum absolute atomic E-state index is 0.240. The van der Waals surface area contributed by atoms with Crippen molar-refractivity contribution in [2.75, 3.05) is 7.11 Å². The molecule has 0 saturated heterocycles. The van der Waals surface area contributed by atoms with E-state index >= 15 is 0 Å². The van der Waals surface area contributed by atoms with Crippen LogP contribution >= 0.6 is 31.9 Å². The lowest BCUT2D eigenvalue weighted by molar-refractivity contribution is -0.139. The maximum absolute atomic E-state index is 11.2. The monoisotopic (exact) mass is 334 g/mol. The van der Waals surface area contributed by atoms with Gasteiger partial charge in [0.1, 0.15) is 4.83 Å². The van der Waals surface area contributed by atoms with Crippen molar-refractivity contribution in [1.82, 2.24) is 0 Å². The lowest BCUT2D eigenvalue weighted by Gasteiger charge is -2.08. The minimum Gasteiger partial charge on any atom is -0.468 e. The van der Waals surface area contributed by atoms with Gasteiger partial charge >= 0.3 is 5.97 Å². The van der Waals surface area contributed by atoms with Gasteiger partial charge in [0.05, 0.1) is 7.11 Å². The molecule has 1 aromatic carbocycles. The van der Waals surface area contributed by atoms with Crippen LogP contribution in [-0.2, 0) is 16.0 Å². The molecule has 0 fully saturated rings. The van der Waals surface area contributed by atoms with Crippen LogP contribution in [0.2, 0.25) is 0 Å². The van der Waals surface area contributed by atoms with E-state index in [-0.39, 0.29) is 10.8 Å². The van der Waals surface area contributed by atoms with Crippen molar-refractivity contribution in [3.63, 3.8) is 0 Å². The van der Waals surface area contributed by atoms with Crippen molar-refractivity contribution < 1.29 is 9.53 Å². The normalized spacial score (nSPS) is 12.3. The van der Waals surface area contributed by atoms with Crippen molar-refractivity contribution in [3.8, 4) is 0 Å². The molecule has 0 saturated carbocycles. The zero-order valence-corrected chi connectivity index (χ0v) is 11.8. The molecule has 0 bridgehead atoms. The minimum atomic E-state index is -0.275. The Bertz CT molecular complexity index is 364. The van der Waals surface area contributed by atoms with E-state index in [4.69, 9.17) is 0 Å². The molecule has 1 rings (SSSR count). The van der Waals surface area contributed by atoms with Crippen LogP contribution in [0.5, 0.6) is 0 Å². The molecular weight excluding hydrogens is 324 g/mol. The van der Waals surface area contributed by atoms with E-state index < -0.39 is 0 Å². The topological polar surface area (TPSA) is 26.3 Å². The average molecular weight is 336 g/mol. The van der Waals surface area contributed by atoms with Crippen molar-refractivity contribution in [2.45, 2.75) is 18.2 Å². The molecule has 0 N–H and O–H groups in total. The third-order valence-electron chi connectivity index (χ3n) is 2.09. The molecule has 0 radical (unpaired) electrons. The highest BCUT2D eigenvalue weighted by Gasteiger charge is 2.15. The quantitative estimate of drug-likeness (QED) is 0.626. The number of methoxy groups -OCH3 is 1. The van der Waals surface area contributed by atoms with Crippen LogP contribution in [0.1, 0.15) is 11.1 Å². The zero-order valence-electron chi connectivity index (χ0n) is 8.59. The van der Waals surface area contributed by atoms with E-state index in [9.17, 15) is 4.79 Å². The van der Waals surface area contributed by atoms with Crippen LogP contribution in [0.25, 0.3) is 0 Å². The maximum atomic E-state index is 11.2. The Labute approximate surface area is 106 Å². The highest BCUT2D eigenvalue weighted by Crippen LogP contribution is 2.19. The lowest BCUT2D eigenvalue weighted by Crippen LogP contribution is -2.18. The number of benzene rings is 1. The summed E-state index contributed by atoms with van der Waals surface area (Å²) in [5, 5.41) is 0. The van der Waals surface area contributed by atoms with Crippen molar-refractivity contribution in [2.24, 2.45) is 0 Å². The van der Waals surface area contributed by atoms with Gasteiger partial charge in [0.15, 0.2) is 0 Å². The first-order chi connectivity index (χ1) is 7.04. The summed E-state index contributed by atoms with van der Waals surface area (Å²) in [6.45, 7) is 2.02. The van der Waals surface area contributed by atoms with Crippen LogP contribution < -0.4 is 0 Å². The number of hydrogen-bond acceptors (Lipinski definition) is 2. The molecule has 4 heteroatoms. The highest BCUT2D eigenvalue weighted by molar-refractivity contribution is 9.10. The second-order valence-electron chi connectivity index (χ2n) is 3.28. The number of aryl methyl sites for hydroxylation is 1. The standard InChI is InChI=1S/C11H12Br2O2/c1-7-5-8(3-4-9(7)12)6-10(13)11(14)15-2/h3-5,10H,6H2,1-2H3.